The number of hydrogen-bond acceptors (Lipinski definition) is 4. The van der Waals surface area contributed by atoms with Crippen LogP contribution < -0.4 is 0 Å². The van der Waals surface area contributed by atoms with Crippen molar-refractivity contribution in [3.63, 3.8) is 0 Å². The number of rotatable bonds is 4. The van der Waals surface area contributed by atoms with Gasteiger partial charge in [0.25, 0.3) is 0 Å². The molecule has 134 valence electrons. The Morgan fingerprint density at radius 3 is 2.58 bits per heavy atom. The fraction of sp³-hybridized carbons (Fsp3) is 0.250. The smallest absolute Gasteiger partial charge is 0.216 e. The number of H-pyrrole nitrogens is 1. The van der Waals surface area contributed by atoms with Gasteiger partial charge >= 0.3 is 0 Å². The van der Waals surface area contributed by atoms with Crippen LogP contribution in [0.4, 0.5) is 0 Å². The minimum absolute atomic E-state index is 0.106. The maximum atomic E-state index is 5.32. The largest absolute Gasteiger partial charge is 0.465 e. The Balaban J connectivity index is 1.90. The maximum absolute atomic E-state index is 5.32. The van der Waals surface area contributed by atoms with E-state index in [0.29, 0.717) is 10.6 Å². The average molecular weight is 366 g/mol. The van der Waals surface area contributed by atoms with Crippen molar-refractivity contribution in [2.75, 3.05) is 0 Å². The summed E-state index contributed by atoms with van der Waals surface area (Å²) in [6.07, 6.45) is 5.29. The molecular weight excluding hydrogens is 344 g/mol. The van der Waals surface area contributed by atoms with Gasteiger partial charge in [0, 0.05) is 5.56 Å². The van der Waals surface area contributed by atoms with Crippen LogP contribution in [0, 0.1) is 4.77 Å². The van der Waals surface area contributed by atoms with Gasteiger partial charge in [-0.1, -0.05) is 45.0 Å². The van der Waals surface area contributed by atoms with E-state index in [2.05, 4.69) is 48.2 Å². The summed E-state index contributed by atoms with van der Waals surface area (Å²) in [5.41, 5.74) is 3.27. The summed E-state index contributed by atoms with van der Waals surface area (Å²) in [4.78, 5) is 0. The van der Waals surface area contributed by atoms with Gasteiger partial charge in [-0.15, -0.1) is 0 Å². The fourth-order valence-electron chi connectivity index (χ4n) is 2.49. The Morgan fingerprint density at radius 1 is 1.23 bits per heavy atom. The van der Waals surface area contributed by atoms with Gasteiger partial charge in [0.2, 0.25) is 4.77 Å². The van der Waals surface area contributed by atoms with Crippen molar-refractivity contribution in [1.82, 2.24) is 14.9 Å². The predicted molar refractivity (Wildman–Crippen MR) is 108 cm³/mol. The predicted octanol–water partition coefficient (Wildman–Crippen LogP) is 5.44. The molecule has 5 nitrogen and oxygen atoms in total. The number of aromatic amines is 1. The van der Waals surface area contributed by atoms with Crippen LogP contribution in [0.5, 0.6) is 0 Å². The van der Waals surface area contributed by atoms with Crippen LogP contribution in [-0.2, 0) is 5.41 Å². The van der Waals surface area contributed by atoms with E-state index in [4.69, 9.17) is 16.6 Å². The Kier molecular flexibility index (Phi) is 5.04. The highest BCUT2D eigenvalue weighted by molar-refractivity contribution is 7.71. The average Bonchev–Trinajstić information content (AvgIpc) is 3.22. The molecule has 0 aliphatic heterocycles. The number of allylic oxidation sites excluding steroid dienone is 1. The minimum Gasteiger partial charge on any atom is -0.465 e. The van der Waals surface area contributed by atoms with E-state index in [1.165, 1.54) is 5.56 Å². The number of nitrogens with one attached hydrogen (secondary N) is 1. The van der Waals surface area contributed by atoms with Crippen LogP contribution >= 0.6 is 12.2 Å². The Labute approximate surface area is 158 Å². The van der Waals surface area contributed by atoms with Crippen LogP contribution in [-0.4, -0.2) is 21.1 Å². The van der Waals surface area contributed by atoms with E-state index in [-0.39, 0.29) is 5.41 Å². The van der Waals surface area contributed by atoms with Crippen LogP contribution in [0.2, 0.25) is 0 Å². The molecule has 3 rings (SSSR count). The van der Waals surface area contributed by atoms with Crippen molar-refractivity contribution in [3.05, 3.63) is 64.3 Å². The van der Waals surface area contributed by atoms with Crippen molar-refractivity contribution in [2.24, 2.45) is 5.10 Å². The summed E-state index contributed by atoms with van der Waals surface area (Å²) in [6.45, 7) is 8.52. The van der Waals surface area contributed by atoms with Crippen LogP contribution in [0.15, 0.2) is 57.8 Å². The highest BCUT2D eigenvalue weighted by Crippen LogP contribution is 2.25. The third kappa shape index (κ3) is 4.08. The number of aromatic nitrogens is 3. The number of hydrogen-bond donors (Lipinski definition) is 1. The SMILES string of the molecule is CC(=Cc1ccco1)/C=N\n1c(-c2ccc(C(C)(C)C)cc2)n[nH]c1=S. The molecule has 0 fully saturated rings. The Morgan fingerprint density at radius 2 is 1.96 bits per heavy atom. The molecule has 0 saturated heterocycles. The van der Waals surface area contributed by atoms with Gasteiger partial charge in [0.15, 0.2) is 5.82 Å². The van der Waals surface area contributed by atoms with Crippen molar-refractivity contribution in [3.8, 4) is 11.4 Å². The third-order valence-electron chi connectivity index (χ3n) is 3.95. The van der Waals surface area contributed by atoms with Crippen molar-refractivity contribution < 1.29 is 4.42 Å². The summed E-state index contributed by atoms with van der Waals surface area (Å²) in [5, 5.41) is 11.6. The van der Waals surface area contributed by atoms with E-state index in [9.17, 15) is 0 Å². The van der Waals surface area contributed by atoms with E-state index in [1.807, 2.05) is 37.3 Å². The Bertz CT molecular complexity index is 984. The molecule has 3 aromatic rings. The zero-order valence-corrected chi connectivity index (χ0v) is 16.2. The number of furan rings is 1. The second-order valence-electron chi connectivity index (χ2n) is 7.14. The lowest BCUT2D eigenvalue weighted by Crippen LogP contribution is -2.10. The molecule has 1 aromatic carbocycles. The normalized spacial score (nSPS) is 12.8. The van der Waals surface area contributed by atoms with E-state index < -0.39 is 0 Å². The molecule has 0 aliphatic carbocycles. The molecule has 2 heterocycles. The topological polar surface area (TPSA) is 59.1 Å². The first-order valence-corrected chi connectivity index (χ1v) is 8.80. The molecule has 0 bridgehead atoms. The minimum atomic E-state index is 0.106. The van der Waals surface area contributed by atoms with Crippen molar-refractivity contribution in [1.29, 1.82) is 0 Å². The molecule has 0 radical (unpaired) electrons. The van der Waals surface area contributed by atoms with Gasteiger partial charge in [-0.25, -0.2) is 5.10 Å². The molecule has 0 amide bonds. The first kappa shape index (κ1) is 18.1. The van der Waals surface area contributed by atoms with Crippen molar-refractivity contribution in [2.45, 2.75) is 33.1 Å². The summed E-state index contributed by atoms with van der Waals surface area (Å²) >= 11 is 5.32. The lowest BCUT2D eigenvalue weighted by molar-refractivity contribution is 0.557. The standard InChI is InChI=1S/C20H22N4OS/c1-14(12-17-6-5-11-25-17)13-21-24-18(22-23-19(24)26)15-7-9-16(10-8-15)20(2,3)4/h5-13H,1-4H3,(H,23,26)/b14-12?,21-13-. The lowest BCUT2D eigenvalue weighted by atomic mass is 9.87. The van der Waals surface area contributed by atoms with Gasteiger partial charge in [0.1, 0.15) is 5.76 Å². The lowest BCUT2D eigenvalue weighted by Gasteiger charge is -2.18. The maximum Gasteiger partial charge on any atom is 0.216 e. The second-order valence-corrected chi connectivity index (χ2v) is 7.53. The number of benzene rings is 1. The van der Waals surface area contributed by atoms with Gasteiger partial charge < -0.3 is 4.42 Å². The summed E-state index contributed by atoms with van der Waals surface area (Å²) in [6, 6.07) is 12.1. The molecule has 26 heavy (non-hydrogen) atoms. The molecule has 0 atom stereocenters. The van der Waals surface area contributed by atoms with Crippen LogP contribution in [0.1, 0.15) is 39.0 Å². The molecule has 0 saturated carbocycles. The first-order chi connectivity index (χ1) is 12.3. The molecule has 6 heteroatoms. The highest BCUT2D eigenvalue weighted by Gasteiger charge is 2.14. The molecule has 0 aliphatic rings. The number of nitrogens with zero attached hydrogens (tertiary/aromatic N) is 3. The van der Waals surface area contributed by atoms with Crippen LogP contribution in [0.25, 0.3) is 17.5 Å². The molecular formula is C20H22N4OS. The summed E-state index contributed by atoms with van der Waals surface area (Å²) in [5.74, 6) is 1.46. The fourth-order valence-corrected chi connectivity index (χ4v) is 2.67. The summed E-state index contributed by atoms with van der Waals surface area (Å²) < 4.78 is 7.38. The Hall–Kier alpha value is -2.73. The van der Waals surface area contributed by atoms with E-state index in [1.54, 1.807) is 17.2 Å². The molecule has 1 N–H and O–H groups in total. The van der Waals surface area contributed by atoms with Gasteiger partial charge in [-0.05, 0) is 53.9 Å². The van der Waals surface area contributed by atoms with Crippen LogP contribution in [0.3, 0.4) is 0 Å². The zero-order valence-electron chi connectivity index (χ0n) is 15.4. The van der Waals surface area contributed by atoms with Gasteiger partial charge in [0.05, 0.1) is 12.5 Å². The van der Waals surface area contributed by atoms with Crippen molar-refractivity contribution >= 4 is 24.5 Å². The first-order valence-electron chi connectivity index (χ1n) is 8.39. The monoisotopic (exact) mass is 366 g/mol. The van der Waals surface area contributed by atoms with E-state index >= 15 is 0 Å². The molecule has 2 aromatic heterocycles. The molecule has 0 unspecified atom stereocenters. The van der Waals surface area contributed by atoms with Gasteiger partial charge in [-0.2, -0.15) is 14.9 Å². The highest BCUT2D eigenvalue weighted by atomic mass is 32.1. The summed E-state index contributed by atoms with van der Waals surface area (Å²) in [7, 11) is 0. The third-order valence-corrected chi connectivity index (χ3v) is 4.21. The van der Waals surface area contributed by atoms with Gasteiger partial charge in [-0.3, -0.25) is 0 Å². The zero-order chi connectivity index (χ0) is 18.7. The quantitative estimate of drug-likeness (QED) is 0.494. The van der Waals surface area contributed by atoms with E-state index in [0.717, 1.165) is 16.9 Å². The second kappa shape index (κ2) is 7.25. The molecule has 0 spiro atoms.